The van der Waals surface area contributed by atoms with Crippen LogP contribution in [0.1, 0.15) is 18.7 Å². The Hall–Kier alpha value is -3.18. The summed E-state index contributed by atoms with van der Waals surface area (Å²) in [5, 5.41) is 7.01. The van der Waals surface area contributed by atoms with Crippen molar-refractivity contribution in [1.82, 2.24) is 15.0 Å². The van der Waals surface area contributed by atoms with Crippen LogP contribution >= 0.6 is 0 Å². The number of pyridine rings is 1. The number of nitrogens with zero attached hydrogens (tertiary/aromatic N) is 5. The van der Waals surface area contributed by atoms with Crippen LogP contribution in [0.15, 0.2) is 84.0 Å². The van der Waals surface area contributed by atoms with Crippen LogP contribution in [0.3, 0.4) is 0 Å². The van der Waals surface area contributed by atoms with Gasteiger partial charge in [-0.25, -0.2) is 9.99 Å². The molecule has 0 spiro atoms. The molecule has 0 aliphatic carbocycles. The van der Waals surface area contributed by atoms with E-state index in [0.717, 1.165) is 30.8 Å². The van der Waals surface area contributed by atoms with E-state index in [1.54, 1.807) is 0 Å². The molecule has 0 bridgehead atoms. The Morgan fingerprint density at radius 1 is 0.862 bits per heavy atom. The molecule has 5 heteroatoms. The molecule has 1 saturated heterocycles. The van der Waals surface area contributed by atoms with Gasteiger partial charge in [0.15, 0.2) is 6.17 Å². The zero-order valence-corrected chi connectivity index (χ0v) is 16.6. The normalized spacial score (nSPS) is 21.8. The summed E-state index contributed by atoms with van der Waals surface area (Å²) in [4.78, 5) is 12.0. The van der Waals surface area contributed by atoms with E-state index in [1.165, 1.54) is 10.8 Å². The average molecular weight is 383 g/mol. The third-order valence-corrected chi connectivity index (χ3v) is 5.68. The monoisotopic (exact) mass is 383 g/mol. The van der Waals surface area contributed by atoms with Crippen molar-refractivity contribution in [3.05, 3.63) is 95.1 Å². The molecule has 146 valence electrons. The molecule has 5 nitrogen and oxygen atoms in total. The number of hydrogen-bond acceptors (Lipinski definition) is 5. The summed E-state index contributed by atoms with van der Waals surface area (Å²) < 4.78 is 0. The number of para-hydroxylation sites is 1. The minimum absolute atomic E-state index is 0.0463. The SMILES string of the molecule is CC1CN(c2ccccn2)CCN1N1C=c2ccccc2=N[C@@H]1c1ccccc1. The van der Waals surface area contributed by atoms with Crippen LogP contribution in [0, 0.1) is 0 Å². The number of benzene rings is 2. The Bertz CT molecular complexity index is 1080. The standard InChI is InChI=1S/C24H25N5/c1-19-17-27(23-13-7-8-14-25-23)15-16-28(19)29-18-21-11-5-6-12-22(21)26-24(29)20-9-3-2-4-10-20/h2-14,18-19,24H,15-17H2,1H3/t19?,24-/m0/s1. The molecule has 2 aromatic carbocycles. The molecule has 29 heavy (non-hydrogen) atoms. The third-order valence-electron chi connectivity index (χ3n) is 5.68. The first-order valence-corrected chi connectivity index (χ1v) is 10.2. The van der Waals surface area contributed by atoms with Gasteiger partial charge in [0.1, 0.15) is 5.82 Å². The van der Waals surface area contributed by atoms with Crippen molar-refractivity contribution in [1.29, 1.82) is 0 Å². The van der Waals surface area contributed by atoms with E-state index >= 15 is 0 Å². The molecule has 3 heterocycles. The van der Waals surface area contributed by atoms with Gasteiger partial charge >= 0.3 is 0 Å². The highest BCUT2D eigenvalue weighted by atomic mass is 15.7. The van der Waals surface area contributed by atoms with Gasteiger partial charge in [-0.1, -0.05) is 54.6 Å². The van der Waals surface area contributed by atoms with Crippen LogP contribution in [-0.2, 0) is 0 Å². The third kappa shape index (κ3) is 3.49. The summed E-state index contributed by atoms with van der Waals surface area (Å²) in [6.07, 6.45) is 4.08. The van der Waals surface area contributed by atoms with Gasteiger partial charge < -0.3 is 4.90 Å². The largest absolute Gasteiger partial charge is 0.354 e. The van der Waals surface area contributed by atoms with E-state index in [2.05, 4.69) is 99.8 Å². The Labute approximate surface area is 171 Å². The van der Waals surface area contributed by atoms with Gasteiger partial charge in [-0.15, -0.1) is 0 Å². The first-order chi connectivity index (χ1) is 14.3. The minimum Gasteiger partial charge on any atom is -0.354 e. The van der Waals surface area contributed by atoms with Gasteiger partial charge in [0.05, 0.1) is 5.36 Å². The van der Waals surface area contributed by atoms with Crippen molar-refractivity contribution in [2.75, 3.05) is 24.5 Å². The lowest BCUT2D eigenvalue weighted by Crippen LogP contribution is -2.59. The zero-order chi connectivity index (χ0) is 19.6. The summed E-state index contributed by atoms with van der Waals surface area (Å²) in [6, 6.07) is 25.4. The Kier molecular flexibility index (Phi) is 4.74. The van der Waals surface area contributed by atoms with E-state index in [0.29, 0.717) is 6.04 Å². The predicted molar refractivity (Wildman–Crippen MR) is 115 cm³/mol. The lowest BCUT2D eigenvalue weighted by molar-refractivity contribution is -0.0384. The maximum Gasteiger partial charge on any atom is 0.161 e. The van der Waals surface area contributed by atoms with Crippen LogP contribution in [0.2, 0.25) is 0 Å². The Morgan fingerprint density at radius 3 is 2.45 bits per heavy atom. The molecule has 3 aromatic rings. The van der Waals surface area contributed by atoms with E-state index in [-0.39, 0.29) is 6.17 Å². The number of hydrogen-bond donors (Lipinski definition) is 0. The van der Waals surface area contributed by atoms with Crippen LogP contribution in [0.25, 0.3) is 6.20 Å². The number of hydrazine groups is 1. The average Bonchev–Trinajstić information content (AvgIpc) is 2.79. The molecule has 0 saturated carbocycles. The van der Waals surface area contributed by atoms with Crippen molar-refractivity contribution in [3.63, 3.8) is 0 Å². The second kappa shape index (κ2) is 7.68. The van der Waals surface area contributed by atoms with Crippen molar-refractivity contribution in [3.8, 4) is 0 Å². The first-order valence-electron chi connectivity index (χ1n) is 10.2. The van der Waals surface area contributed by atoms with E-state index in [4.69, 9.17) is 4.99 Å². The highest BCUT2D eigenvalue weighted by Gasteiger charge is 2.32. The van der Waals surface area contributed by atoms with E-state index < -0.39 is 0 Å². The fraction of sp³-hybridized carbons (Fsp3) is 0.250. The number of rotatable bonds is 3. The summed E-state index contributed by atoms with van der Waals surface area (Å²) in [5.41, 5.74) is 1.21. The number of piperazine rings is 1. The molecule has 0 amide bonds. The van der Waals surface area contributed by atoms with Crippen LogP contribution in [0.4, 0.5) is 5.82 Å². The summed E-state index contributed by atoms with van der Waals surface area (Å²) in [6.45, 7) is 5.08. The van der Waals surface area contributed by atoms with Crippen molar-refractivity contribution in [2.24, 2.45) is 4.99 Å². The van der Waals surface area contributed by atoms with Gasteiger partial charge in [0.25, 0.3) is 0 Å². The molecule has 2 atom stereocenters. The lowest BCUT2D eigenvalue weighted by Gasteiger charge is -2.47. The first kappa shape index (κ1) is 17.9. The molecule has 0 N–H and O–H groups in total. The van der Waals surface area contributed by atoms with Gasteiger partial charge in [0.2, 0.25) is 0 Å². The molecule has 0 radical (unpaired) electrons. The fourth-order valence-corrected chi connectivity index (χ4v) is 4.23. The summed E-state index contributed by atoms with van der Waals surface area (Å²) >= 11 is 0. The topological polar surface area (TPSA) is 35.0 Å². The lowest BCUT2D eigenvalue weighted by atomic mass is 10.1. The highest BCUT2D eigenvalue weighted by Crippen LogP contribution is 2.28. The van der Waals surface area contributed by atoms with Crippen molar-refractivity contribution in [2.45, 2.75) is 19.1 Å². The van der Waals surface area contributed by atoms with E-state index in [9.17, 15) is 0 Å². The van der Waals surface area contributed by atoms with Gasteiger partial charge in [-0.2, -0.15) is 0 Å². The fourth-order valence-electron chi connectivity index (χ4n) is 4.23. The number of fused-ring (bicyclic) bond motifs is 1. The highest BCUT2D eigenvalue weighted by molar-refractivity contribution is 5.39. The molecular formula is C24H25N5. The molecule has 2 aliphatic rings. The van der Waals surface area contributed by atoms with Gasteiger partial charge in [-0.3, -0.25) is 10.0 Å². The minimum atomic E-state index is -0.0463. The number of anilines is 1. The molecule has 1 fully saturated rings. The van der Waals surface area contributed by atoms with Crippen molar-refractivity contribution >= 4 is 12.0 Å². The predicted octanol–water partition coefficient (Wildman–Crippen LogP) is 2.58. The van der Waals surface area contributed by atoms with Crippen LogP contribution in [0.5, 0.6) is 0 Å². The second-order valence-electron chi connectivity index (χ2n) is 7.63. The molecule has 1 unspecified atom stereocenters. The van der Waals surface area contributed by atoms with Crippen LogP contribution < -0.4 is 15.5 Å². The summed E-state index contributed by atoms with van der Waals surface area (Å²) in [5.74, 6) is 1.05. The quantitative estimate of drug-likeness (QED) is 0.696. The second-order valence-corrected chi connectivity index (χ2v) is 7.63. The van der Waals surface area contributed by atoms with E-state index in [1.807, 2.05) is 12.3 Å². The smallest absolute Gasteiger partial charge is 0.161 e. The number of aromatic nitrogens is 1. The maximum absolute atomic E-state index is 5.11. The zero-order valence-electron chi connectivity index (χ0n) is 16.6. The maximum atomic E-state index is 5.11. The molecule has 2 aliphatic heterocycles. The Morgan fingerprint density at radius 2 is 1.66 bits per heavy atom. The molecular weight excluding hydrogens is 358 g/mol. The van der Waals surface area contributed by atoms with Gasteiger partial charge in [-0.05, 0) is 30.7 Å². The molecule has 1 aromatic heterocycles. The van der Waals surface area contributed by atoms with Crippen LogP contribution in [-0.4, -0.2) is 40.7 Å². The van der Waals surface area contributed by atoms with Gasteiger partial charge in [0, 0.05) is 43.3 Å². The summed E-state index contributed by atoms with van der Waals surface area (Å²) in [7, 11) is 0. The Balaban J connectivity index is 1.47. The molecule has 5 rings (SSSR count). The van der Waals surface area contributed by atoms with Crippen molar-refractivity contribution < 1.29 is 0 Å².